The van der Waals surface area contributed by atoms with Crippen LogP contribution in [0.3, 0.4) is 0 Å². The number of benzene rings is 2. The summed E-state index contributed by atoms with van der Waals surface area (Å²) in [5.41, 5.74) is 1.49. The molecule has 0 radical (unpaired) electrons. The Morgan fingerprint density at radius 2 is 1.66 bits per heavy atom. The molecule has 4 fully saturated rings. The number of carbonyl (C=O) groups is 1. The van der Waals surface area contributed by atoms with Gasteiger partial charge in [0, 0.05) is 6.04 Å². The van der Waals surface area contributed by atoms with E-state index in [1.165, 1.54) is 30.4 Å². The number of carbonyl (C=O) groups excluding carboxylic acids is 1. The molecule has 0 spiro atoms. The maximum atomic E-state index is 13.3. The van der Waals surface area contributed by atoms with Crippen LogP contribution >= 0.6 is 0 Å². The highest BCUT2D eigenvalue weighted by Crippen LogP contribution is 2.57. The van der Waals surface area contributed by atoms with Crippen molar-refractivity contribution in [2.45, 2.75) is 76.7 Å². The van der Waals surface area contributed by atoms with Crippen LogP contribution in [-0.2, 0) is 16.1 Å². The second-order valence-electron chi connectivity index (χ2n) is 10.9. The molecule has 4 aliphatic carbocycles. The fourth-order valence-corrected chi connectivity index (χ4v) is 6.45. The highest BCUT2D eigenvalue weighted by molar-refractivity contribution is 5.85. The second-order valence-corrected chi connectivity index (χ2v) is 10.9. The van der Waals surface area contributed by atoms with Crippen LogP contribution in [0, 0.1) is 24.7 Å². The predicted molar refractivity (Wildman–Crippen MR) is 125 cm³/mol. The van der Waals surface area contributed by atoms with E-state index in [1.54, 1.807) is 0 Å². The van der Waals surface area contributed by atoms with Gasteiger partial charge in [0.15, 0.2) is 5.60 Å². The summed E-state index contributed by atoms with van der Waals surface area (Å²) in [6.07, 6.45) is 5.69. The number of hydrogen-bond acceptors (Lipinski definition) is 3. The van der Waals surface area contributed by atoms with Crippen LogP contribution in [0.5, 0.6) is 5.75 Å². The van der Waals surface area contributed by atoms with E-state index in [4.69, 9.17) is 9.47 Å². The van der Waals surface area contributed by atoms with Crippen molar-refractivity contribution < 1.29 is 14.3 Å². The Labute approximate surface area is 191 Å². The van der Waals surface area contributed by atoms with Crippen molar-refractivity contribution in [1.29, 1.82) is 0 Å². The van der Waals surface area contributed by atoms with Crippen molar-refractivity contribution in [1.82, 2.24) is 5.32 Å². The first kappa shape index (κ1) is 21.5. The van der Waals surface area contributed by atoms with E-state index in [9.17, 15) is 4.79 Å². The molecular formula is C28H35NO3. The number of rotatable bonds is 7. The van der Waals surface area contributed by atoms with Gasteiger partial charge in [-0.3, -0.25) is 4.79 Å². The summed E-state index contributed by atoms with van der Waals surface area (Å²) < 4.78 is 12.7. The van der Waals surface area contributed by atoms with Crippen molar-refractivity contribution in [2.75, 3.05) is 0 Å². The third-order valence-electron chi connectivity index (χ3n) is 7.84. The molecule has 0 heterocycles. The second kappa shape index (κ2) is 8.22. The summed E-state index contributed by atoms with van der Waals surface area (Å²) >= 11 is 0. The molecule has 0 aromatic heterocycles. The van der Waals surface area contributed by atoms with Crippen LogP contribution in [0.15, 0.2) is 54.6 Å². The van der Waals surface area contributed by atoms with E-state index in [0.717, 1.165) is 24.5 Å². The first-order valence-electron chi connectivity index (χ1n) is 12.1. The molecule has 1 N–H and O–H groups in total. The first-order valence-corrected chi connectivity index (χ1v) is 12.1. The van der Waals surface area contributed by atoms with E-state index in [-0.39, 0.29) is 17.6 Å². The molecular weight excluding hydrogens is 398 g/mol. The van der Waals surface area contributed by atoms with Gasteiger partial charge in [-0.15, -0.1) is 0 Å². The number of nitrogens with one attached hydrogen (secondary N) is 1. The lowest BCUT2D eigenvalue weighted by atomic mass is 9.52. The third-order valence-corrected chi connectivity index (χ3v) is 7.84. The molecule has 2 aromatic rings. The monoisotopic (exact) mass is 433 g/mol. The lowest BCUT2D eigenvalue weighted by Crippen LogP contribution is -2.64. The number of amides is 1. The van der Waals surface area contributed by atoms with E-state index in [1.807, 2.05) is 51.1 Å². The minimum Gasteiger partial charge on any atom is -0.478 e. The lowest BCUT2D eigenvalue weighted by Gasteiger charge is -2.59. The van der Waals surface area contributed by atoms with Crippen molar-refractivity contribution >= 4 is 5.91 Å². The molecule has 2 aromatic carbocycles. The van der Waals surface area contributed by atoms with Crippen LogP contribution in [0.2, 0.25) is 0 Å². The normalized spacial score (nSPS) is 30.8. The Morgan fingerprint density at radius 1 is 1.00 bits per heavy atom. The summed E-state index contributed by atoms with van der Waals surface area (Å²) in [7, 11) is 0. The van der Waals surface area contributed by atoms with Gasteiger partial charge in [0.25, 0.3) is 5.91 Å². The number of ether oxygens (including phenoxy) is 2. The largest absolute Gasteiger partial charge is 0.478 e. The standard InChI is InChI=1S/C28H35NO3/c1-19-9-11-24(12-10-19)32-27(2,3)26(30)29-25-22-13-21-14-23(25)17-28(15-21,16-22)31-18-20-7-5-4-6-8-20/h4-12,21-23,25H,13-18H2,1-3H3,(H,29,30)/t21?,22-,23+,25+,28+. The molecule has 5 atom stereocenters. The summed E-state index contributed by atoms with van der Waals surface area (Å²) in [5.74, 6) is 2.43. The van der Waals surface area contributed by atoms with E-state index in [0.29, 0.717) is 18.4 Å². The first-order chi connectivity index (χ1) is 15.3. The predicted octanol–water partition coefficient (Wildman–Crippen LogP) is 5.43. The zero-order valence-electron chi connectivity index (χ0n) is 19.5. The Hall–Kier alpha value is -2.33. The van der Waals surface area contributed by atoms with Gasteiger partial charge < -0.3 is 14.8 Å². The van der Waals surface area contributed by atoms with Crippen LogP contribution in [0.4, 0.5) is 0 Å². The van der Waals surface area contributed by atoms with Gasteiger partial charge in [-0.05, 0) is 88.3 Å². The summed E-state index contributed by atoms with van der Waals surface area (Å²) in [6, 6.07) is 18.6. The van der Waals surface area contributed by atoms with Gasteiger partial charge in [-0.2, -0.15) is 0 Å². The molecule has 4 nitrogen and oxygen atoms in total. The van der Waals surface area contributed by atoms with E-state index >= 15 is 0 Å². The summed E-state index contributed by atoms with van der Waals surface area (Å²) in [4.78, 5) is 13.3. The molecule has 32 heavy (non-hydrogen) atoms. The molecule has 4 heteroatoms. The minimum absolute atomic E-state index is 0.0124. The van der Waals surface area contributed by atoms with E-state index < -0.39 is 5.60 Å². The van der Waals surface area contributed by atoms with Crippen molar-refractivity contribution in [3.05, 3.63) is 65.7 Å². The van der Waals surface area contributed by atoms with Gasteiger partial charge >= 0.3 is 0 Å². The molecule has 4 saturated carbocycles. The fraction of sp³-hybridized carbons (Fsp3) is 0.536. The molecule has 1 unspecified atom stereocenters. The SMILES string of the molecule is Cc1ccc(OC(C)(C)C(=O)N[C@H]2[C@@H]3CC4C[C@H]2C[C@](OCc2ccccc2)(C4)C3)cc1. The van der Waals surface area contributed by atoms with Gasteiger partial charge in [0.1, 0.15) is 5.75 Å². The van der Waals surface area contributed by atoms with Crippen LogP contribution < -0.4 is 10.1 Å². The maximum Gasteiger partial charge on any atom is 0.263 e. The number of aryl methyl sites for hydroxylation is 1. The molecule has 1 amide bonds. The van der Waals surface area contributed by atoms with Gasteiger partial charge in [0.2, 0.25) is 0 Å². The average molecular weight is 434 g/mol. The van der Waals surface area contributed by atoms with Crippen molar-refractivity contribution in [3.63, 3.8) is 0 Å². The molecule has 6 rings (SSSR count). The smallest absolute Gasteiger partial charge is 0.263 e. The highest BCUT2D eigenvalue weighted by Gasteiger charge is 2.56. The summed E-state index contributed by atoms with van der Waals surface area (Å²) in [5, 5.41) is 3.41. The molecule has 170 valence electrons. The summed E-state index contributed by atoms with van der Waals surface area (Å²) in [6.45, 7) is 6.46. The minimum atomic E-state index is -0.911. The van der Waals surface area contributed by atoms with Gasteiger partial charge in [-0.1, -0.05) is 48.0 Å². The fourth-order valence-electron chi connectivity index (χ4n) is 6.45. The van der Waals surface area contributed by atoms with E-state index in [2.05, 4.69) is 29.6 Å². The molecule has 4 aliphatic rings. The topological polar surface area (TPSA) is 47.6 Å². The lowest BCUT2D eigenvalue weighted by molar-refractivity contribution is -0.181. The molecule has 0 aliphatic heterocycles. The Bertz CT molecular complexity index is 936. The molecule has 0 saturated heterocycles. The van der Waals surface area contributed by atoms with Gasteiger partial charge in [0.05, 0.1) is 12.2 Å². The van der Waals surface area contributed by atoms with Crippen LogP contribution in [0.25, 0.3) is 0 Å². The zero-order chi connectivity index (χ0) is 22.3. The Morgan fingerprint density at radius 3 is 2.31 bits per heavy atom. The Kier molecular flexibility index (Phi) is 5.53. The van der Waals surface area contributed by atoms with Crippen molar-refractivity contribution in [3.8, 4) is 5.75 Å². The third kappa shape index (κ3) is 4.30. The highest BCUT2D eigenvalue weighted by atomic mass is 16.5. The Balaban J connectivity index is 1.23. The average Bonchev–Trinajstić information content (AvgIpc) is 2.76. The van der Waals surface area contributed by atoms with Crippen LogP contribution in [-0.4, -0.2) is 23.2 Å². The van der Waals surface area contributed by atoms with Crippen LogP contribution in [0.1, 0.15) is 57.1 Å². The maximum absolute atomic E-state index is 13.3. The quantitative estimate of drug-likeness (QED) is 0.633. The van der Waals surface area contributed by atoms with Crippen molar-refractivity contribution in [2.24, 2.45) is 17.8 Å². The van der Waals surface area contributed by atoms with Gasteiger partial charge in [-0.25, -0.2) is 0 Å². The zero-order valence-corrected chi connectivity index (χ0v) is 19.5. The molecule has 4 bridgehead atoms. The number of hydrogen-bond donors (Lipinski definition) is 1.